The highest BCUT2D eigenvalue weighted by molar-refractivity contribution is 5.95. The molecule has 2 atom stereocenters. The molecule has 0 bridgehead atoms. The number of hydrogen-bond acceptors (Lipinski definition) is 5. The van der Waals surface area contributed by atoms with Crippen LogP contribution >= 0.6 is 0 Å². The minimum absolute atomic E-state index is 0.381. The Bertz CT molecular complexity index is 841. The Balaban J connectivity index is 2.24. The van der Waals surface area contributed by atoms with Gasteiger partial charge < -0.3 is 14.2 Å². The van der Waals surface area contributed by atoms with Crippen LogP contribution in [-0.2, 0) is 30.9 Å². The maximum Gasteiger partial charge on any atom is 0.316 e. The highest BCUT2D eigenvalue weighted by Gasteiger charge is 2.51. The van der Waals surface area contributed by atoms with Crippen LogP contribution in [0, 0.1) is 5.92 Å². The summed E-state index contributed by atoms with van der Waals surface area (Å²) in [5, 5.41) is 2.11. The van der Waals surface area contributed by atoms with Crippen molar-refractivity contribution in [3.8, 4) is 5.75 Å². The van der Waals surface area contributed by atoms with E-state index in [4.69, 9.17) is 14.2 Å². The smallest absolute Gasteiger partial charge is 0.316 e. The quantitative estimate of drug-likeness (QED) is 0.803. The summed E-state index contributed by atoms with van der Waals surface area (Å²) in [6.45, 7) is 1.77. The van der Waals surface area contributed by atoms with Gasteiger partial charge in [-0.1, -0.05) is 18.2 Å². The maximum atomic E-state index is 12.7. The Morgan fingerprint density at radius 2 is 1.84 bits per heavy atom. The van der Waals surface area contributed by atoms with E-state index in [1.165, 1.54) is 14.2 Å². The van der Waals surface area contributed by atoms with E-state index in [2.05, 4.69) is 0 Å². The Labute approximate surface area is 146 Å². The van der Waals surface area contributed by atoms with Gasteiger partial charge in [0.05, 0.1) is 27.2 Å². The number of esters is 2. The fourth-order valence-corrected chi connectivity index (χ4v) is 3.98. The van der Waals surface area contributed by atoms with Crippen molar-refractivity contribution in [3.05, 3.63) is 41.5 Å². The lowest BCUT2D eigenvalue weighted by molar-refractivity contribution is -0.160. The molecule has 1 aliphatic rings. The van der Waals surface area contributed by atoms with Crippen LogP contribution in [0.2, 0.25) is 0 Å². The molecule has 0 N–H and O–H groups in total. The zero-order valence-corrected chi connectivity index (χ0v) is 14.9. The molecule has 0 aromatic heterocycles. The molecule has 5 heteroatoms. The summed E-state index contributed by atoms with van der Waals surface area (Å²) in [6, 6.07) is 9.76. The first-order valence-electron chi connectivity index (χ1n) is 8.23. The highest BCUT2D eigenvalue weighted by Crippen LogP contribution is 2.45. The summed E-state index contributed by atoms with van der Waals surface area (Å²) < 4.78 is 15.3. The Hall–Kier alpha value is -2.56. The van der Waals surface area contributed by atoms with E-state index < -0.39 is 17.3 Å². The molecule has 0 unspecified atom stereocenters. The molecule has 0 amide bonds. The number of carbonyl (C=O) groups is 2. The van der Waals surface area contributed by atoms with Gasteiger partial charge in [0.2, 0.25) is 0 Å². The van der Waals surface area contributed by atoms with E-state index in [1.807, 2.05) is 30.3 Å². The van der Waals surface area contributed by atoms with Crippen LogP contribution in [-0.4, -0.2) is 33.3 Å². The van der Waals surface area contributed by atoms with Gasteiger partial charge in [0.25, 0.3) is 0 Å². The van der Waals surface area contributed by atoms with Gasteiger partial charge in [-0.15, -0.1) is 0 Å². The number of aryl methyl sites for hydroxylation is 1. The molecular weight excluding hydrogens is 320 g/mol. The first kappa shape index (κ1) is 17.3. The minimum atomic E-state index is -1.07. The van der Waals surface area contributed by atoms with Crippen LogP contribution < -0.4 is 4.74 Å². The lowest BCUT2D eigenvalue weighted by atomic mass is 9.63. The molecule has 0 fully saturated rings. The molecule has 0 aliphatic heterocycles. The number of ether oxygens (including phenoxy) is 3. The van der Waals surface area contributed by atoms with Crippen molar-refractivity contribution in [3.63, 3.8) is 0 Å². The molecule has 132 valence electrons. The standard InChI is InChI=1S/C20H22O5/c1-20(19(22)25-4)16-9-5-12-11-13(23-2)6-7-14(12)15(16)8-10-17(20)18(21)24-3/h5-7,9,11,17H,8,10H2,1-4H3/t17-,20-/m0/s1. The van der Waals surface area contributed by atoms with Gasteiger partial charge in [0.15, 0.2) is 0 Å². The van der Waals surface area contributed by atoms with Crippen molar-refractivity contribution in [1.82, 2.24) is 0 Å². The molecule has 0 radical (unpaired) electrons. The van der Waals surface area contributed by atoms with Crippen molar-refractivity contribution in [2.75, 3.05) is 21.3 Å². The first-order valence-corrected chi connectivity index (χ1v) is 8.23. The second kappa shape index (κ2) is 6.39. The van der Waals surface area contributed by atoms with Crippen LogP contribution in [0.5, 0.6) is 5.75 Å². The van der Waals surface area contributed by atoms with Gasteiger partial charge in [-0.3, -0.25) is 9.59 Å². The summed E-state index contributed by atoms with van der Waals surface area (Å²) in [7, 11) is 4.33. The van der Waals surface area contributed by atoms with Gasteiger partial charge >= 0.3 is 11.9 Å². The monoisotopic (exact) mass is 342 g/mol. The second-order valence-electron chi connectivity index (χ2n) is 6.49. The molecule has 0 spiro atoms. The number of benzene rings is 2. The maximum absolute atomic E-state index is 12.7. The van der Waals surface area contributed by atoms with Crippen molar-refractivity contribution < 1.29 is 23.8 Å². The fraction of sp³-hybridized carbons (Fsp3) is 0.400. The van der Waals surface area contributed by atoms with Gasteiger partial charge in [-0.05, 0) is 53.8 Å². The first-order chi connectivity index (χ1) is 12.0. The lowest BCUT2D eigenvalue weighted by Gasteiger charge is -2.39. The molecule has 2 aromatic rings. The Morgan fingerprint density at radius 1 is 1.08 bits per heavy atom. The summed E-state index contributed by atoms with van der Waals surface area (Å²) >= 11 is 0. The van der Waals surface area contributed by atoms with Crippen molar-refractivity contribution in [2.24, 2.45) is 5.92 Å². The molecule has 5 nitrogen and oxygen atoms in total. The molecule has 3 rings (SSSR count). The van der Waals surface area contributed by atoms with E-state index in [0.29, 0.717) is 12.8 Å². The number of fused-ring (bicyclic) bond motifs is 3. The minimum Gasteiger partial charge on any atom is -0.497 e. The van der Waals surface area contributed by atoms with E-state index in [-0.39, 0.29) is 5.97 Å². The van der Waals surface area contributed by atoms with Crippen LogP contribution in [0.3, 0.4) is 0 Å². The van der Waals surface area contributed by atoms with Crippen molar-refractivity contribution in [1.29, 1.82) is 0 Å². The predicted molar refractivity (Wildman–Crippen MR) is 93.7 cm³/mol. The third kappa shape index (κ3) is 2.54. The number of carbonyl (C=O) groups excluding carboxylic acids is 2. The molecule has 1 aliphatic carbocycles. The zero-order valence-electron chi connectivity index (χ0n) is 14.9. The largest absolute Gasteiger partial charge is 0.497 e. The van der Waals surface area contributed by atoms with Gasteiger partial charge in [-0.25, -0.2) is 0 Å². The van der Waals surface area contributed by atoms with Gasteiger partial charge in [-0.2, -0.15) is 0 Å². The SMILES string of the molecule is COC(=O)[C@@H]1CCc2c(ccc3cc(OC)ccc23)[C@]1(C)C(=O)OC. The number of hydrogen-bond donors (Lipinski definition) is 0. The number of rotatable bonds is 3. The molecule has 0 saturated heterocycles. The topological polar surface area (TPSA) is 61.8 Å². The Morgan fingerprint density at radius 3 is 2.48 bits per heavy atom. The average Bonchev–Trinajstić information content (AvgIpc) is 2.66. The third-order valence-electron chi connectivity index (χ3n) is 5.37. The van der Waals surface area contributed by atoms with Gasteiger partial charge in [0.1, 0.15) is 11.2 Å². The fourth-order valence-electron chi connectivity index (χ4n) is 3.98. The predicted octanol–water partition coefficient (Wildman–Crippen LogP) is 3.01. The van der Waals surface area contributed by atoms with E-state index in [0.717, 1.165) is 27.6 Å². The summed E-state index contributed by atoms with van der Waals surface area (Å²) in [6.07, 6.45) is 1.24. The van der Waals surface area contributed by atoms with Crippen molar-refractivity contribution >= 4 is 22.7 Å². The normalized spacial score (nSPS) is 22.2. The molecule has 0 saturated carbocycles. The van der Waals surface area contributed by atoms with E-state index >= 15 is 0 Å². The van der Waals surface area contributed by atoms with Crippen LogP contribution in [0.1, 0.15) is 24.5 Å². The summed E-state index contributed by atoms with van der Waals surface area (Å²) in [5.74, 6) is -0.579. The van der Waals surface area contributed by atoms with E-state index in [1.54, 1.807) is 14.0 Å². The van der Waals surface area contributed by atoms with Crippen molar-refractivity contribution in [2.45, 2.75) is 25.2 Å². The van der Waals surface area contributed by atoms with Crippen LogP contribution in [0.4, 0.5) is 0 Å². The summed E-state index contributed by atoms with van der Waals surface area (Å²) in [4.78, 5) is 25.0. The molecule has 0 heterocycles. The molecule has 2 aromatic carbocycles. The second-order valence-corrected chi connectivity index (χ2v) is 6.49. The lowest BCUT2D eigenvalue weighted by Crippen LogP contribution is -2.48. The highest BCUT2D eigenvalue weighted by atomic mass is 16.5. The molecule has 25 heavy (non-hydrogen) atoms. The van der Waals surface area contributed by atoms with E-state index in [9.17, 15) is 9.59 Å². The van der Waals surface area contributed by atoms with Gasteiger partial charge in [0, 0.05) is 0 Å². The number of methoxy groups -OCH3 is 3. The van der Waals surface area contributed by atoms with Crippen LogP contribution in [0.15, 0.2) is 30.3 Å². The third-order valence-corrected chi connectivity index (χ3v) is 5.37. The summed E-state index contributed by atoms with van der Waals surface area (Å²) in [5.41, 5.74) is 0.843. The zero-order chi connectivity index (χ0) is 18.2. The Kier molecular flexibility index (Phi) is 4.41. The average molecular weight is 342 g/mol. The van der Waals surface area contributed by atoms with Crippen LogP contribution in [0.25, 0.3) is 10.8 Å². The molecular formula is C20H22O5.